The van der Waals surface area contributed by atoms with Crippen molar-refractivity contribution in [3.63, 3.8) is 0 Å². The van der Waals surface area contributed by atoms with E-state index in [0.29, 0.717) is 0 Å². The van der Waals surface area contributed by atoms with Crippen molar-refractivity contribution >= 4 is 83.8 Å². The molecule has 0 saturated heterocycles. The Balaban J connectivity index is 1.13. The van der Waals surface area contributed by atoms with E-state index in [4.69, 9.17) is 0 Å². The maximum Gasteiger partial charge on any atom is 0.252 e. The molecule has 0 amide bonds. The minimum absolute atomic E-state index is 0.0512. The molecule has 2 aliphatic heterocycles. The number of hydrogen-bond donors (Lipinski definition) is 0. The molecule has 0 radical (unpaired) electrons. The second-order valence-corrected chi connectivity index (χ2v) is 23.7. The van der Waals surface area contributed by atoms with E-state index in [1.807, 2.05) is 0 Å². The second kappa shape index (κ2) is 17.2. The van der Waals surface area contributed by atoms with Crippen LogP contribution in [0.15, 0.2) is 243 Å². The molecular formula is C74H58BN3. The smallest absolute Gasteiger partial charge is 0.252 e. The van der Waals surface area contributed by atoms with Crippen LogP contribution in [-0.4, -0.2) is 15.8 Å². The summed E-state index contributed by atoms with van der Waals surface area (Å²) in [6.45, 7) is 14.1. The molecule has 4 heteroatoms. The van der Waals surface area contributed by atoms with E-state index in [1.165, 1.54) is 133 Å². The minimum Gasteiger partial charge on any atom is -0.311 e. The molecule has 0 unspecified atom stereocenters. The van der Waals surface area contributed by atoms with Crippen molar-refractivity contribution in [1.82, 2.24) is 9.13 Å². The van der Waals surface area contributed by atoms with Gasteiger partial charge in [-0.15, -0.1) is 0 Å². The highest BCUT2D eigenvalue weighted by molar-refractivity contribution is 7.00. The molecular weight excluding hydrogens is 942 g/mol. The number of fused-ring (bicyclic) bond motifs is 10. The van der Waals surface area contributed by atoms with Crippen LogP contribution in [0.25, 0.3) is 99.5 Å². The Morgan fingerprint density at radius 3 is 1.37 bits per heavy atom. The monoisotopic (exact) mass is 999 g/mol. The molecule has 0 atom stereocenters. The van der Waals surface area contributed by atoms with Gasteiger partial charge in [-0.25, -0.2) is 0 Å². The summed E-state index contributed by atoms with van der Waals surface area (Å²) in [6.07, 6.45) is 0. The number of benzene rings is 11. The van der Waals surface area contributed by atoms with Crippen LogP contribution < -0.4 is 21.3 Å². The average molecular weight is 1000 g/mol. The van der Waals surface area contributed by atoms with Crippen molar-refractivity contribution in [3.8, 4) is 55.9 Å². The van der Waals surface area contributed by atoms with Gasteiger partial charge in [-0.1, -0.05) is 224 Å². The highest BCUT2D eigenvalue weighted by Gasteiger charge is 2.43. The Bertz CT molecular complexity index is 4420. The summed E-state index contributed by atoms with van der Waals surface area (Å²) < 4.78 is 5.27. The first-order valence-corrected chi connectivity index (χ1v) is 27.6. The molecule has 2 aliphatic rings. The normalized spacial score (nSPS) is 12.9. The molecule has 0 spiro atoms. The third kappa shape index (κ3) is 7.05. The van der Waals surface area contributed by atoms with E-state index in [0.717, 1.165) is 11.4 Å². The Labute approximate surface area is 457 Å². The first-order valence-electron chi connectivity index (χ1n) is 27.6. The third-order valence-electron chi connectivity index (χ3n) is 17.0. The zero-order valence-electron chi connectivity index (χ0n) is 45.0. The Morgan fingerprint density at radius 2 is 0.795 bits per heavy atom. The standard InChI is InChI=1S/C74H58BN3/c1-73(2,3)53-41-59(50-26-15-9-16-27-50)70-61(43-53)62-44-54(74(4,5)6)42-60(51-28-17-10-18-29-51)71(62)77(70)56-45-67-69-68(46-56)78-65-33-20-19-30-57(65)58-31-21-32-63(72(58)78)75(69)64-40-52(48-24-13-8-14-25-48)36-39-66(64)76(67)55-37-34-49(35-38-55)47-22-11-7-12-23-47/h7-46H,1-6H3. The summed E-state index contributed by atoms with van der Waals surface area (Å²) in [4.78, 5) is 2.58. The number of nitrogens with zero attached hydrogens (tertiary/aromatic N) is 3. The lowest BCUT2D eigenvalue weighted by atomic mass is 9.33. The lowest BCUT2D eigenvalue weighted by Crippen LogP contribution is -2.60. The van der Waals surface area contributed by atoms with E-state index in [9.17, 15) is 0 Å². The van der Waals surface area contributed by atoms with Crippen LogP contribution in [0.5, 0.6) is 0 Å². The molecule has 0 fully saturated rings. The summed E-state index contributed by atoms with van der Waals surface area (Å²) in [5.41, 5.74) is 26.7. The van der Waals surface area contributed by atoms with Crippen LogP contribution in [-0.2, 0) is 10.8 Å². The minimum atomic E-state index is -0.111. The van der Waals surface area contributed by atoms with Crippen LogP contribution in [0.2, 0.25) is 0 Å². The van der Waals surface area contributed by atoms with Crippen molar-refractivity contribution in [2.45, 2.75) is 52.4 Å². The van der Waals surface area contributed by atoms with Crippen LogP contribution in [0.3, 0.4) is 0 Å². The lowest BCUT2D eigenvalue weighted by molar-refractivity contribution is 0.590. The van der Waals surface area contributed by atoms with Gasteiger partial charge >= 0.3 is 0 Å². The highest BCUT2D eigenvalue weighted by atomic mass is 15.2. The van der Waals surface area contributed by atoms with Crippen LogP contribution in [0.4, 0.5) is 17.1 Å². The fourth-order valence-electron chi connectivity index (χ4n) is 13.1. The van der Waals surface area contributed by atoms with E-state index < -0.39 is 0 Å². The molecule has 372 valence electrons. The van der Waals surface area contributed by atoms with Gasteiger partial charge in [-0.3, -0.25) is 0 Å². The first kappa shape index (κ1) is 46.2. The van der Waals surface area contributed by atoms with E-state index >= 15 is 0 Å². The molecule has 0 N–H and O–H groups in total. The summed E-state index contributed by atoms with van der Waals surface area (Å²) in [5.74, 6) is 0. The molecule has 0 saturated carbocycles. The SMILES string of the molecule is CC(C)(C)c1cc(-c2ccccc2)c2c(c1)c1cc(C(C)(C)C)cc(-c3ccccc3)c1n2-c1cc2c3c(c1)-n1c4ccccc4c4cccc(c41)B3c1cc(-c3ccccc3)ccc1N2c1ccc(-c2ccccc2)cc1. The van der Waals surface area contributed by atoms with Crippen molar-refractivity contribution in [1.29, 1.82) is 0 Å². The Kier molecular flexibility index (Phi) is 10.2. The fraction of sp³-hybridized carbons (Fsp3) is 0.108. The quantitative estimate of drug-likeness (QED) is 0.151. The Morgan fingerprint density at radius 1 is 0.308 bits per heavy atom. The number of rotatable bonds is 6. The van der Waals surface area contributed by atoms with Crippen molar-refractivity contribution in [3.05, 3.63) is 254 Å². The van der Waals surface area contributed by atoms with Gasteiger partial charge in [0.2, 0.25) is 0 Å². The van der Waals surface area contributed by atoms with Gasteiger partial charge in [0, 0.05) is 60.9 Å². The van der Waals surface area contributed by atoms with Gasteiger partial charge in [-0.05, 0) is 132 Å². The molecule has 0 aliphatic carbocycles. The molecule has 2 aromatic heterocycles. The van der Waals surface area contributed by atoms with Crippen molar-refractivity contribution < 1.29 is 0 Å². The molecule has 11 aromatic carbocycles. The van der Waals surface area contributed by atoms with Gasteiger partial charge in [0.05, 0.1) is 22.2 Å². The number of hydrogen-bond acceptors (Lipinski definition) is 1. The van der Waals surface area contributed by atoms with Gasteiger partial charge in [0.15, 0.2) is 0 Å². The van der Waals surface area contributed by atoms with Gasteiger partial charge in [-0.2, -0.15) is 0 Å². The van der Waals surface area contributed by atoms with Gasteiger partial charge in [0.25, 0.3) is 6.71 Å². The molecule has 0 bridgehead atoms. The average Bonchev–Trinajstić information content (AvgIpc) is 4.20. The molecule has 4 heterocycles. The lowest BCUT2D eigenvalue weighted by Gasteiger charge is -2.41. The van der Waals surface area contributed by atoms with Gasteiger partial charge in [0.1, 0.15) is 0 Å². The molecule has 13 aromatic rings. The summed E-state index contributed by atoms with van der Waals surface area (Å²) >= 11 is 0. The maximum absolute atomic E-state index is 2.66. The number of aromatic nitrogens is 2. The molecule has 78 heavy (non-hydrogen) atoms. The fourth-order valence-corrected chi connectivity index (χ4v) is 13.1. The van der Waals surface area contributed by atoms with Crippen molar-refractivity contribution in [2.24, 2.45) is 0 Å². The zero-order chi connectivity index (χ0) is 52.6. The predicted molar refractivity (Wildman–Crippen MR) is 334 cm³/mol. The van der Waals surface area contributed by atoms with Crippen LogP contribution >= 0.6 is 0 Å². The summed E-state index contributed by atoms with van der Waals surface area (Å²) in [6, 6.07) is 91.5. The largest absolute Gasteiger partial charge is 0.311 e. The van der Waals surface area contributed by atoms with Crippen molar-refractivity contribution in [2.75, 3.05) is 4.90 Å². The van der Waals surface area contributed by atoms with Crippen LogP contribution in [0, 0.1) is 0 Å². The van der Waals surface area contributed by atoms with E-state index in [1.54, 1.807) is 0 Å². The molecule has 3 nitrogen and oxygen atoms in total. The summed E-state index contributed by atoms with van der Waals surface area (Å²) in [5, 5.41) is 5.06. The zero-order valence-corrected chi connectivity index (χ0v) is 45.0. The van der Waals surface area contributed by atoms with E-state index in [-0.39, 0.29) is 17.5 Å². The first-order chi connectivity index (χ1) is 38.0. The topological polar surface area (TPSA) is 13.1 Å². The van der Waals surface area contributed by atoms with E-state index in [2.05, 4.69) is 298 Å². The van der Waals surface area contributed by atoms with Gasteiger partial charge < -0.3 is 14.0 Å². The summed E-state index contributed by atoms with van der Waals surface area (Å²) in [7, 11) is 0. The maximum atomic E-state index is 2.66. The predicted octanol–water partition coefficient (Wildman–Crippen LogP) is 17.8. The number of para-hydroxylation sites is 2. The molecule has 15 rings (SSSR count). The second-order valence-electron chi connectivity index (χ2n) is 23.7. The highest BCUT2D eigenvalue weighted by Crippen LogP contribution is 2.49. The number of anilines is 3. The van der Waals surface area contributed by atoms with Crippen LogP contribution in [0.1, 0.15) is 52.7 Å². The Hall–Kier alpha value is -9.12. The third-order valence-corrected chi connectivity index (χ3v) is 17.0.